The van der Waals surface area contributed by atoms with Gasteiger partial charge in [0.1, 0.15) is 5.01 Å². The lowest BCUT2D eigenvalue weighted by atomic mass is 9.78. The molecule has 1 amide bonds. The first-order valence-electron chi connectivity index (χ1n) is 9.31. The molecule has 2 aromatic rings. The van der Waals surface area contributed by atoms with Gasteiger partial charge in [0.05, 0.1) is 22.8 Å². The van der Waals surface area contributed by atoms with Crippen LogP contribution in [0.4, 0.5) is 0 Å². The van der Waals surface area contributed by atoms with Crippen molar-refractivity contribution in [2.45, 2.75) is 58.7 Å². The van der Waals surface area contributed by atoms with Crippen LogP contribution in [0.2, 0.25) is 0 Å². The summed E-state index contributed by atoms with van der Waals surface area (Å²) in [6.45, 7) is 7.19. The van der Waals surface area contributed by atoms with Gasteiger partial charge in [0.2, 0.25) is 5.91 Å². The van der Waals surface area contributed by atoms with Crippen LogP contribution >= 0.6 is 11.3 Å². The number of carbonyl (C=O) groups is 1. The lowest BCUT2D eigenvalue weighted by molar-refractivity contribution is -0.132. The predicted molar refractivity (Wildman–Crippen MR) is 105 cm³/mol. The largest absolute Gasteiger partial charge is 0.338 e. The molecule has 1 aliphatic rings. The Labute approximate surface area is 154 Å². The number of fused-ring (bicyclic) bond motifs is 1. The molecule has 4 atom stereocenters. The summed E-state index contributed by atoms with van der Waals surface area (Å²) in [5, 5.41) is 4.57. The standard InChI is InChI=1S/C20H29N3OS/c1-13-8-7-10-16(14(13)2)21-15(3)20(24)23(4)12-19-22-17-9-5-6-11-18(17)25-19/h5-6,9,11,13-16,21H,7-8,10,12H2,1-4H3. The second-order valence-electron chi connectivity index (χ2n) is 7.53. The van der Waals surface area contributed by atoms with Gasteiger partial charge in [0, 0.05) is 13.1 Å². The number of rotatable bonds is 5. The predicted octanol–water partition coefficient (Wildman–Crippen LogP) is 4.06. The number of nitrogens with zero attached hydrogens (tertiary/aromatic N) is 2. The summed E-state index contributed by atoms with van der Waals surface area (Å²) in [5.41, 5.74) is 1.01. The zero-order valence-corrected chi connectivity index (χ0v) is 16.5. The molecule has 1 aromatic carbocycles. The second kappa shape index (κ2) is 7.83. The molecular weight excluding hydrogens is 330 g/mol. The van der Waals surface area contributed by atoms with Gasteiger partial charge in [-0.15, -0.1) is 11.3 Å². The third kappa shape index (κ3) is 4.21. The molecule has 0 saturated heterocycles. The molecule has 4 unspecified atom stereocenters. The van der Waals surface area contributed by atoms with Crippen molar-refractivity contribution in [3.8, 4) is 0 Å². The summed E-state index contributed by atoms with van der Waals surface area (Å²) >= 11 is 1.67. The third-order valence-corrected chi connectivity index (χ3v) is 6.65. The van der Waals surface area contributed by atoms with Crippen LogP contribution in [0.3, 0.4) is 0 Å². The number of hydrogen-bond acceptors (Lipinski definition) is 4. The first kappa shape index (κ1) is 18.3. The van der Waals surface area contributed by atoms with Gasteiger partial charge < -0.3 is 10.2 Å². The van der Waals surface area contributed by atoms with Crippen LogP contribution in [0.25, 0.3) is 10.2 Å². The molecule has 136 valence electrons. The fraction of sp³-hybridized carbons (Fsp3) is 0.600. The highest BCUT2D eigenvalue weighted by Gasteiger charge is 2.30. The van der Waals surface area contributed by atoms with E-state index < -0.39 is 0 Å². The Balaban J connectivity index is 1.59. The molecule has 25 heavy (non-hydrogen) atoms. The summed E-state index contributed by atoms with van der Waals surface area (Å²) in [6.07, 6.45) is 3.73. The van der Waals surface area contributed by atoms with Crippen LogP contribution in [0.15, 0.2) is 24.3 Å². The minimum atomic E-state index is -0.155. The Kier molecular flexibility index (Phi) is 5.74. The molecule has 1 aromatic heterocycles. The van der Waals surface area contributed by atoms with E-state index in [1.807, 2.05) is 32.2 Å². The molecule has 1 aliphatic carbocycles. The Hall–Kier alpha value is -1.46. The Morgan fingerprint density at radius 1 is 1.36 bits per heavy atom. The highest BCUT2D eigenvalue weighted by molar-refractivity contribution is 7.18. The summed E-state index contributed by atoms with van der Waals surface area (Å²) in [7, 11) is 1.87. The third-order valence-electron chi connectivity index (χ3n) is 5.63. The Morgan fingerprint density at radius 3 is 2.88 bits per heavy atom. The van der Waals surface area contributed by atoms with Crippen LogP contribution in [-0.2, 0) is 11.3 Å². The van der Waals surface area contributed by atoms with E-state index in [0.717, 1.165) is 16.4 Å². The van der Waals surface area contributed by atoms with E-state index in [-0.39, 0.29) is 11.9 Å². The number of aromatic nitrogens is 1. The van der Waals surface area contributed by atoms with E-state index in [9.17, 15) is 4.79 Å². The van der Waals surface area contributed by atoms with Crippen molar-refractivity contribution in [1.82, 2.24) is 15.2 Å². The molecule has 5 heteroatoms. The van der Waals surface area contributed by atoms with Crippen molar-refractivity contribution in [3.63, 3.8) is 0 Å². The average Bonchev–Trinajstić information content (AvgIpc) is 3.00. The molecule has 0 spiro atoms. The van der Waals surface area contributed by atoms with Crippen molar-refractivity contribution in [2.75, 3.05) is 7.05 Å². The molecule has 4 nitrogen and oxygen atoms in total. The summed E-state index contributed by atoms with van der Waals surface area (Å²) in [4.78, 5) is 19.2. The van der Waals surface area contributed by atoms with E-state index in [0.29, 0.717) is 18.5 Å². The van der Waals surface area contributed by atoms with Crippen LogP contribution in [0, 0.1) is 11.8 Å². The van der Waals surface area contributed by atoms with E-state index in [2.05, 4.69) is 30.2 Å². The van der Waals surface area contributed by atoms with Gasteiger partial charge in [0.15, 0.2) is 0 Å². The number of carbonyl (C=O) groups excluding carboxylic acids is 1. The maximum atomic E-state index is 12.8. The minimum Gasteiger partial charge on any atom is -0.338 e. The SMILES string of the molecule is CC(NC1CCCC(C)C1C)C(=O)N(C)Cc1nc2ccccc2s1. The van der Waals surface area contributed by atoms with Gasteiger partial charge >= 0.3 is 0 Å². The lowest BCUT2D eigenvalue weighted by Crippen LogP contribution is -2.50. The molecule has 1 N–H and O–H groups in total. The molecular formula is C20H29N3OS. The normalized spacial score (nSPS) is 25.0. The van der Waals surface area contributed by atoms with Crippen LogP contribution in [0.1, 0.15) is 45.0 Å². The van der Waals surface area contributed by atoms with E-state index >= 15 is 0 Å². The van der Waals surface area contributed by atoms with E-state index in [1.54, 1.807) is 16.2 Å². The topological polar surface area (TPSA) is 45.2 Å². The summed E-state index contributed by atoms with van der Waals surface area (Å²) < 4.78 is 1.18. The smallest absolute Gasteiger partial charge is 0.239 e. The molecule has 0 radical (unpaired) electrons. The summed E-state index contributed by atoms with van der Waals surface area (Å²) in [6, 6.07) is 8.41. The number of benzene rings is 1. The molecule has 3 rings (SSSR count). The Bertz CT molecular complexity index is 696. The van der Waals surface area contributed by atoms with Gasteiger partial charge in [-0.3, -0.25) is 4.79 Å². The quantitative estimate of drug-likeness (QED) is 0.876. The van der Waals surface area contributed by atoms with Gasteiger partial charge in [-0.1, -0.05) is 38.8 Å². The van der Waals surface area contributed by atoms with Crippen molar-refractivity contribution >= 4 is 27.5 Å². The van der Waals surface area contributed by atoms with Crippen LogP contribution in [-0.4, -0.2) is 34.9 Å². The average molecular weight is 360 g/mol. The highest BCUT2D eigenvalue weighted by Crippen LogP contribution is 2.30. The zero-order chi connectivity index (χ0) is 18.0. The van der Waals surface area contributed by atoms with Gasteiger partial charge in [-0.2, -0.15) is 0 Å². The molecule has 1 heterocycles. The monoisotopic (exact) mass is 359 g/mol. The van der Waals surface area contributed by atoms with Crippen molar-refractivity contribution in [1.29, 1.82) is 0 Å². The number of likely N-dealkylation sites (N-methyl/N-ethyl adjacent to an activating group) is 1. The summed E-state index contributed by atoms with van der Waals surface area (Å²) in [5.74, 6) is 1.50. The fourth-order valence-corrected chi connectivity index (χ4v) is 4.83. The van der Waals surface area contributed by atoms with Gasteiger partial charge in [-0.05, 0) is 37.3 Å². The molecule has 0 bridgehead atoms. The zero-order valence-electron chi connectivity index (χ0n) is 15.7. The van der Waals surface area contributed by atoms with Crippen molar-refractivity contribution in [3.05, 3.63) is 29.3 Å². The maximum Gasteiger partial charge on any atom is 0.239 e. The van der Waals surface area contributed by atoms with E-state index in [1.165, 1.54) is 24.0 Å². The number of thiazole rings is 1. The van der Waals surface area contributed by atoms with Crippen molar-refractivity contribution in [2.24, 2.45) is 11.8 Å². The number of nitrogens with one attached hydrogen (secondary N) is 1. The number of amides is 1. The van der Waals surface area contributed by atoms with Gasteiger partial charge in [-0.25, -0.2) is 4.98 Å². The first-order valence-corrected chi connectivity index (χ1v) is 10.1. The van der Waals surface area contributed by atoms with Crippen molar-refractivity contribution < 1.29 is 4.79 Å². The Morgan fingerprint density at radius 2 is 2.12 bits per heavy atom. The van der Waals surface area contributed by atoms with Crippen LogP contribution in [0.5, 0.6) is 0 Å². The molecule has 1 fully saturated rings. The maximum absolute atomic E-state index is 12.8. The number of hydrogen-bond donors (Lipinski definition) is 1. The lowest BCUT2D eigenvalue weighted by Gasteiger charge is -2.36. The van der Waals surface area contributed by atoms with E-state index in [4.69, 9.17) is 0 Å². The number of para-hydroxylation sites is 1. The highest BCUT2D eigenvalue weighted by atomic mass is 32.1. The molecule has 0 aliphatic heterocycles. The van der Waals surface area contributed by atoms with Crippen LogP contribution < -0.4 is 5.32 Å². The minimum absolute atomic E-state index is 0.143. The first-order chi connectivity index (χ1) is 12.0. The second-order valence-corrected chi connectivity index (χ2v) is 8.65. The van der Waals surface area contributed by atoms with Gasteiger partial charge in [0.25, 0.3) is 0 Å². The molecule has 1 saturated carbocycles. The fourth-order valence-electron chi connectivity index (χ4n) is 3.81.